The van der Waals surface area contributed by atoms with Crippen molar-refractivity contribution in [1.29, 1.82) is 0 Å². The van der Waals surface area contributed by atoms with Gasteiger partial charge in [0.25, 0.3) is 0 Å². The van der Waals surface area contributed by atoms with E-state index in [1.54, 1.807) is 7.05 Å². The van der Waals surface area contributed by atoms with Gasteiger partial charge in [-0.25, -0.2) is 17.9 Å². The Labute approximate surface area is 252 Å². The largest absolute Gasteiger partial charge is 0.394 e. The fourth-order valence-corrected chi connectivity index (χ4v) is 7.54. The first-order valence-electron chi connectivity index (χ1n) is 13.4. The van der Waals surface area contributed by atoms with Crippen LogP contribution in [0.25, 0.3) is 11.3 Å². The number of hydrogen-bond donors (Lipinski definition) is 4. The molecular formula is C27H31F3N4O7S2. The first kappa shape index (κ1) is 31.8. The third-order valence-electron chi connectivity index (χ3n) is 7.63. The number of carbonyl (C=O) groups is 1. The van der Waals surface area contributed by atoms with Crippen molar-refractivity contribution in [3.63, 3.8) is 0 Å². The monoisotopic (exact) mass is 644 g/mol. The number of ether oxygens (including phenoxy) is 2. The molecule has 6 atom stereocenters. The molecule has 3 aromatic rings. The third-order valence-corrected chi connectivity index (χ3v) is 10.1. The van der Waals surface area contributed by atoms with Crippen LogP contribution in [-0.4, -0.2) is 108 Å². The molecule has 0 unspecified atom stereocenters. The average molecular weight is 645 g/mol. The second-order valence-corrected chi connectivity index (χ2v) is 12.8. The molecule has 4 N–H and O–H groups in total. The SMILES string of the molecule is CN(Cc1cccs1)C(=O)[C@@H](S[C@@H]1O[C@H](CO)[C@H](O)[C@H](n2cc(-c3cc(F)c(F)c(F)c3)nn2)[C@H]1O)C1(O)CCOCC1. The number of thioether (sulfide) groups is 1. The fraction of sp³-hybridized carbons (Fsp3) is 0.519. The average Bonchev–Trinajstić information content (AvgIpc) is 3.68. The number of aliphatic hydroxyl groups excluding tert-OH is 3. The van der Waals surface area contributed by atoms with Gasteiger partial charge in [-0.15, -0.1) is 28.2 Å². The highest BCUT2D eigenvalue weighted by molar-refractivity contribution is 8.01. The van der Waals surface area contributed by atoms with Gasteiger partial charge in [-0.05, 0) is 23.6 Å². The van der Waals surface area contributed by atoms with Crippen LogP contribution in [0.1, 0.15) is 23.8 Å². The summed E-state index contributed by atoms with van der Waals surface area (Å²) in [6, 6.07) is 3.92. The maximum Gasteiger partial charge on any atom is 0.238 e. The number of hydrogen-bond acceptors (Lipinski definition) is 11. The van der Waals surface area contributed by atoms with Crippen molar-refractivity contribution in [2.45, 2.75) is 60.0 Å². The van der Waals surface area contributed by atoms with Crippen molar-refractivity contribution in [3.8, 4) is 11.3 Å². The normalized spacial score (nSPS) is 26.3. The highest BCUT2D eigenvalue weighted by Gasteiger charge is 2.51. The van der Waals surface area contributed by atoms with Crippen LogP contribution in [0, 0.1) is 17.5 Å². The molecule has 1 amide bonds. The van der Waals surface area contributed by atoms with Gasteiger partial charge in [-0.2, -0.15) is 0 Å². The number of rotatable bonds is 9. The zero-order chi connectivity index (χ0) is 30.9. The number of nitrogens with zero attached hydrogens (tertiary/aromatic N) is 4. The quantitative estimate of drug-likeness (QED) is 0.254. The van der Waals surface area contributed by atoms with Crippen LogP contribution in [0.4, 0.5) is 13.2 Å². The molecule has 0 radical (unpaired) electrons. The molecule has 234 valence electrons. The van der Waals surface area contributed by atoms with Gasteiger partial charge in [0.2, 0.25) is 5.91 Å². The summed E-state index contributed by atoms with van der Waals surface area (Å²) in [5.74, 6) is -4.92. The molecule has 1 aromatic carbocycles. The van der Waals surface area contributed by atoms with Crippen LogP contribution < -0.4 is 0 Å². The van der Waals surface area contributed by atoms with E-state index in [-0.39, 0.29) is 37.3 Å². The van der Waals surface area contributed by atoms with Crippen LogP contribution in [0.2, 0.25) is 0 Å². The minimum absolute atomic E-state index is 0.0757. The Morgan fingerprint density at radius 3 is 2.56 bits per heavy atom. The predicted octanol–water partition coefficient (Wildman–Crippen LogP) is 1.71. The van der Waals surface area contributed by atoms with Crippen LogP contribution in [0.15, 0.2) is 35.8 Å². The van der Waals surface area contributed by atoms with Gasteiger partial charge in [-0.1, -0.05) is 11.3 Å². The van der Waals surface area contributed by atoms with E-state index < -0.39 is 70.6 Å². The number of carbonyl (C=O) groups excluding carboxylic acids is 1. The molecule has 16 heteroatoms. The van der Waals surface area contributed by atoms with E-state index in [2.05, 4.69) is 10.3 Å². The van der Waals surface area contributed by atoms with Crippen molar-refractivity contribution in [2.75, 3.05) is 26.9 Å². The molecule has 0 bridgehead atoms. The lowest BCUT2D eigenvalue weighted by atomic mass is 9.89. The molecule has 5 rings (SSSR count). The molecule has 2 aromatic heterocycles. The maximum atomic E-state index is 13.8. The van der Waals surface area contributed by atoms with E-state index in [1.165, 1.54) is 22.4 Å². The molecule has 43 heavy (non-hydrogen) atoms. The lowest BCUT2D eigenvalue weighted by molar-refractivity contribution is -0.179. The molecule has 11 nitrogen and oxygen atoms in total. The summed E-state index contributed by atoms with van der Waals surface area (Å²) in [6.07, 6.45) is -2.80. The van der Waals surface area contributed by atoms with Gasteiger partial charge in [0.05, 0.1) is 24.9 Å². The number of benzene rings is 1. The van der Waals surface area contributed by atoms with Crippen LogP contribution in [-0.2, 0) is 20.8 Å². The first-order valence-corrected chi connectivity index (χ1v) is 15.3. The molecule has 0 saturated carbocycles. The molecule has 2 aliphatic rings. The second-order valence-electron chi connectivity index (χ2n) is 10.5. The summed E-state index contributed by atoms with van der Waals surface area (Å²) in [5, 5.41) is 52.6. The van der Waals surface area contributed by atoms with Crippen LogP contribution in [0.5, 0.6) is 0 Å². The first-order chi connectivity index (χ1) is 20.5. The lowest BCUT2D eigenvalue weighted by Gasteiger charge is -2.45. The van der Waals surface area contributed by atoms with E-state index in [9.17, 15) is 38.4 Å². The number of thiophene rings is 1. The number of aromatic nitrogens is 3. The Kier molecular flexibility index (Phi) is 9.77. The van der Waals surface area contributed by atoms with E-state index in [4.69, 9.17) is 9.47 Å². The molecule has 2 aliphatic heterocycles. The Balaban J connectivity index is 1.43. The van der Waals surface area contributed by atoms with Gasteiger partial charge in [0.1, 0.15) is 40.7 Å². The number of aliphatic hydroxyl groups is 4. The summed E-state index contributed by atoms with van der Waals surface area (Å²) >= 11 is 2.34. The molecule has 2 fully saturated rings. The second kappa shape index (κ2) is 13.2. The van der Waals surface area contributed by atoms with Crippen molar-refractivity contribution in [1.82, 2.24) is 19.9 Å². The van der Waals surface area contributed by atoms with E-state index in [0.717, 1.165) is 33.5 Å². The Morgan fingerprint density at radius 1 is 1.23 bits per heavy atom. The smallest absolute Gasteiger partial charge is 0.238 e. The maximum absolute atomic E-state index is 13.8. The van der Waals surface area contributed by atoms with Gasteiger partial charge in [0.15, 0.2) is 17.5 Å². The van der Waals surface area contributed by atoms with Crippen molar-refractivity contribution in [3.05, 3.63) is 58.2 Å². The van der Waals surface area contributed by atoms with Crippen molar-refractivity contribution in [2.24, 2.45) is 0 Å². The summed E-state index contributed by atoms with van der Waals surface area (Å²) in [4.78, 5) is 16.2. The lowest BCUT2D eigenvalue weighted by Crippen LogP contribution is -2.58. The molecular weight excluding hydrogens is 613 g/mol. The van der Waals surface area contributed by atoms with Gasteiger partial charge in [-0.3, -0.25) is 4.79 Å². The predicted molar refractivity (Wildman–Crippen MR) is 149 cm³/mol. The number of halogens is 3. The molecule has 2 saturated heterocycles. The Hall–Kier alpha value is -2.57. The molecule has 0 spiro atoms. The van der Waals surface area contributed by atoms with Crippen molar-refractivity contribution >= 4 is 29.0 Å². The summed E-state index contributed by atoms with van der Waals surface area (Å²) in [5.41, 5.74) is -2.96. The van der Waals surface area contributed by atoms with E-state index in [0.29, 0.717) is 6.54 Å². The van der Waals surface area contributed by atoms with Gasteiger partial charge < -0.3 is 34.8 Å². The minimum Gasteiger partial charge on any atom is -0.394 e. The summed E-state index contributed by atoms with van der Waals surface area (Å²) < 4.78 is 53.5. The standard InChI is InChI=1S/C27H31F3N4O7S2/c1-33(11-15-3-2-8-42-15)25(38)24(27(39)4-6-40-7-5-27)43-26-23(37)21(22(36)19(13-35)41-26)34-12-18(31-32-34)14-9-16(28)20(30)17(29)10-14/h2-3,8-10,12,19,21-24,26,35-37,39H,4-7,11,13H2,1H3/t19-,21+,22+,23-,24-,26+/m1/s1. The highest BCUT2D eigenvalue weighted by Crippen LogP contribution is 2.42. The summed E-state index contributed by atoms with van der Waals surface area (Å²) in [7, 11) is 1.61. The van der Waals surface area contributed by atoms with E-state index >= 15 is 0 Å². The van der Waals surface area contributed by atoms with Gasteiger partial charge >= 0.3 is 0 Å². The molecule has 4 heterocycles. The topological polar surface area (TPSA) is 150 Å². The van der Waals surface area contributed by atoms with E-state index in [1.807, 2.05) is 17.5 Å². The third kappa shape index (κ3) is 6.61. The Morgan fingerprint density at radius 2 is 1.93 bits per heavy atom. The van der Waals surface area contributed by atoms with Crippen LogP contribution in [0.3, 0.4) is 0 Å². The minimum atomic E-state index is -1.65. The zero-order valence-electron chi connectivity index (χ0n) is 22.9. The Bertz CT molecular complexity index is 1390. The summed E-state index contributed by atoms with van der Waals surface area (Å²) in [6.45, 7) is 0.0699. The fourth-order valence-electron chi connectivity index (χ4n) is 5.20. The molecule has 0 aliphatic carbocycles. The van der Waals surface area contributed by atoms with Crippen molar-refractivity contribution < 1.29 is 47.9 Å². The number of amides is 1. The highest BCUT2D eigenvalue weighted by atomic mass is 32.2. The van der Waals surface area contributed by atoms with Crippen LogP contribution >= 0.6 is 23.1 Å². The zero-order valence-corrected chi connectivity index (χ0v) is 24.6. The van der Waals surface area contributed by atoms with Gasteiger partial charge in [0, 0.05) is 43.5 Å².